The van der Waals surface area contributed by atoms with Gasteiger partial charge in [0.05, 0.1) is 11.5 Å². The number of hydrogen-bond acceptors (Lipinski definition) is 5. The highest BCUT2D eigenvalue weighted by atomic mass is 32.2. The Hall–Kier alpha value is -1.48. The van der Waals surface area contributed by atoms with E-state index in [4.69, 9.17) is 14.6 Å². The number of nitrogens with two attached hydrogens (primary N) is 1. The van der Waals surface area contributed by atoms with Crippen molar-refractivity contribution in [1.82, 2.24) is 5.32 Å². The van der Waals surface area contributed by atoms with Crippen LogP contribution in [-0.4, -0.2) is 41.7 Å². The summed E-state index contributed by atoms with van der Waals surface area (Å²) in [4.78, 5) is 11.9. The Morgan fingerprint density at radius 3 is 2.52 bits per heavy atom. The predicted octanol–water partition coefficient (Wildman–Crippen LogP) is 0.247. The van der Waals surface area contributed by atoms with Crippen molar-refractivity contribution in [2.45, 2.75) is 17.9 Å². The molecule has 7 nitrogen and oxygen atoms in total. The zero-order valence-corrected chi connectivity index (χ0v) is 12.9. The van der Waals surface area contributed by atoms with Crippen molar-refractivity contribution in [3.8, 4) is 0 Å². The molecular formula is C13H20N2O5S. The second kappa shape index (κ2) is 8.08. The van der Waals surface area contributed by atoms with Gasteiger partial charge in [-0.2, -0.15) is 0 Å². The molecule has 0 aliphatic carbocycles. The maximum absolute atomic E-state index is 12.0. The summed E-state index contributed by atoms with van der Waals surface area (Å²) in [7, 11) is -0.826. The van der Waals surface area contributed by atoms with Gasteiger partial charge >= 0.3 is 0 Å². The molecule has 0 heterocycles. The molecule has 8 heteroatoms. The summed E-state index contributed by atoms with van der Waals surface area (Å²) >= 11 is 0. The molecule has 0 saturated heterocycles. The molecule has 118 valence electrons. The molecule has 0 aliphatic rings. The van der Waals surface area contributed by atoms with Crippen LogP contribution in [0.5, 0.6) is 0 Å². The first-order valence-corrected chi connectivity index (χ1v) is 7.86. The lowest BCUT2D eigenvalue weighted by Gasteiger charge is -2.09. The van der Waals surface area contributed by atoms with E-state index < -0.39 is 10.0 Å². The maximum Gasteiger partial charge on any atom is 0.251 e. The molecule has 0 spiro atoms. The van der Waals surface area contributed by atoms with Crippen molar-refractivity contribution in [3.63, 3.8) is 0 Å². The Labute approximate surface area is 124 Å². The minimum absolute atomic E-state index is 0.112. The average molecular weight is 316 g/mol. The van der Waals surface area contributed by atoms with E-state index in [9.17, 15) is 13.2 Å². The highest BCUT2D eigenvalue weighted by Crippen LogP contribution is 2.15. The molecule has 1 aromatic rings. The first-order chi connectivity index (χ1) is 9.88. The van der Waals surface area contributed by atoms with E-state index in [-0.39, 0.29) is 23.0 Å². The third-order valence-corrected chi connectivity index (χ3v) is 3.57. The number of carbonyl (C=O) groups excluding carboxylic acids is 1. The van der Waals surface area contributed by atoms with Gasteiger partial charge in [-0.3, -0.25) is 4.79 Å². The number of rotatable bonds is 8. The highest BCUT2D eigenvalue weighted by molar-refractivity contribution is 7.89. The number of nitrogens with one attached hydrogen (secondary N) is 1. The van der Waals surface area contributed by atoms with Gasteiger partial charge in [0.2, 0.25) is 10.0 Å². The molecule has 0 aromatic heterocycles. The summed E-state index contributed by atoms with van der Waals surface area (Å²) in [5.41, 5.74) is 0.789. The fourth-order valence-corrected chi connectivity index (χ4v) is 2.33. The summed E-state index contributed by atoms with van der Waals surface area (Å²) in [5.74, 6) is -0.367. The van der Waals surface area contributed by atoms with Crippen molar-refractivity contribution in [1.29, 1.82) is 0 Å². The average Bonchev–Trinajstić information content (AvgIpc) is 2.42. The van der Waals surface area contributed by atoms with Gasteiger partial charge in [0.15, 0.2) is 0 Å². The Bertz CT molecular complexity index is 586. The summed E-state index contributed by atoms with van der Waals surface area (Å²) in [6, 6.07) is 4.21. The van der Waals surface area contributed by atoms with E-state index in [1.807, 2.05) is 0 Å². The molecule has 1 amide bonds. The van der Waals surface area contributed by atoms with Crippen LogP contribution in [0.4, 0.5) is 0 Å². The lowest BCUT2D eigenvalue weighted by Crippen LogP contribution is -2.26. The zero-order valence-electron chi connectivity index (χ0n) is 12.1. The second-order valence-corrected chi connectivity index (χ2v) is 6.01. The largest absolute Gasteiger partial charge is 0.385 e. The molecule has 0 bridgehead atoms. The number of carbonyl (C=O) groups is 1. The van der Waals surface area contributed by atoms with Gasteiger partial charge in [0, 0.05) is 32.9 Å². The molecule has 0 fully saturated rings. The van der Waals surface area contributed by atoms with Crippen LogP contribution in [0.1, 0.15) is 22.3 Å². The van der Waals surface area contributed by atoms with Crippen LogP contribution < -0.4 is 10.5 Å². The van der Waals surface area contributed by atoms with Crippen molar-refractivity contribution in [3.05, 3.63) is 29.3 Å². The molecule has 0 saturated carbocycles. The summed E-state index contributed by atoms with van der Waals surface area (Å²) in [5, 5.41) is 7.80. The van der Waals surface area contributed by atoms with Gasteiger partial charge in [0.1, 0.15) is 0 Å². The Morgan fingerprint density at radius 1 is 1.24 bits per heavy atom. The topological polar surface area (TPSA) is 108 Å². The molecule has 0 radical (unpaired) electrons. The van der Waals surface area contributed by atoms with Crippen molar-refractivity contribution < 1.29 is 22.7 Å². The first-order valence-electron chi connectivity index (χ1n) is 6.31. The quantitative estimate of drug-likeness (QED) is 0.668. The molecule has 3 N–H and O–H groups in total. The van der Waals surface area contributed by atoms with Gasteiger partial charge in [-0.1, -0.05) is 0 Å². The fraction of sp³-hybridized carbons (Fsp3) is 0.462. The van der Waals surface area contributed by atoms with E-state index in [1.54, 1.807) is 13.2 Å². The van der Waals surface area contributed by atoms with Crippen LogP contribution in [0.15, 0.2) is 23.1 Å². The standard InChI is InChI=1S/C13H20N2O5S/c1-19-5-3-4-15-13(16)11-6-10(9-20-2)7-12(8-11)21(14,17)18/h6-8H,3-5,9H2,1-2H3,(H,15,16)(H2,14,17,18). The molecule has 1 rings (SSSR count). The Morgan fingerprint density at radius 2 is 1.95 bits per heavy atom. The van der Waals surface area contributed by atoms with E-state index in [0.29, 0.717) is 25.1 Å². The van der Waals surface area contributed by atoms with Gasteiger partial charge < -0.3 is 14.8 Å². The highest BCUT2D eigenvalue weighted by Gasteiger charge is 2.14. The number of benzene rings is 1. The van der Waals surface area contributed by atoms with E-state index in [2.05, 4.69) is 5.32 Å². The fourth-order valence-electron chi connectivity index (χ4n) is 1.73. The van der Waals surface area contributed by atoms with Crippen LogP contribution in [0.25, 0.3) is 0 Å². The van der Waals surface area contributed by atoms with Gasteiger partial charge in [-0.25, -0.2) is 13.6 Å². The number of primary sulfonamides is 1. The van der Waals surface area contributed by atoms with E-state index >= 15 is 0 Å². The predicted molar refractivity (Wildman–Crippen MR) is 77.4 cm³/mol. The third kappa shape index (κ3) is 5.80. The number of sulfonamides is 1. The van der Waals surface area contributed by atoms with Crippen molar-refractivity contribution >= 4 is 15.9 Å². The summed E-state index contributed by atoms with van der Waals surface area (Å²) in [6.07, 6.45) is 0.669. The van der Waals surface area contributed by atoms with Crippen LogP contribution in [-0.2, 0) is 26.1 Å². The van der Waals surface area contributed by atoms with Gasteiger partial charge in [-0.05, 0) is 30.2 Å². The van der Waals surface area contributed by atoms with Gasteiger partial charge in [0.25, 0.3) is 5.91 Å². The van der Waals surface area contributed by atoms with Crippen LogP contribution in [0.2, 0.25) is 0 Å². The molecule has 0 aliphatic heterocycles. The van der Waals surface area contributed by atoms with Crippen molar-refractivity contribution in [2.24, 2.45) is 5.14 Å². The normalized spacial score (nSPS) is 11.4. The molecule has 21 heavy (non-hydrogen) atoms. The lowest BCUT2D eigenvalue weighted by molar-refractivity contribution is 0.0948. The number of amides is 1. The van der Waals surface area contributed by atoms with Crippen LogP contribution in [0, 0.1) is 0 Å². The molecule has 0 atom stereocenters. The monoisotopic (exact) mass is 316 g/mol. The smallest absolute Gasteiger partial charge is 0.251 e. The molecule has 1 aromatic carbocycles. The summed E-state index contributed by atoms with van der Waals surface area (Å²) < 4.78 is 32.7. The first kappa shape index (κ1) is 17.6. The minimum atomic E-state index is -3.88. The zero-order chi connectivity index (χ0) is 15.9. The minimum Gasteiger partial charge on any atom is -0.385 e. The Kier molecular flexibility index (Phi) is 6.76. The Balaban J connectivity index is 2.94. The second-order valence-electron chi connectivity index (χ2n) is 4.45. The molecular weight excluding hydrogens is 296 g/mol. The number of ether oxygens (including phenoxy) is 2. The third-order valence-electron chi connectivity index (χ3n) is 2.68. The lowest BCUT2D eigenvalue weighted by atomic mass is 10.1. The summed E-state index contributed by atoms with van der Waals surface area (Å²) in [6.45, 7) is 1.16. The van der Waals surface area contributed by atoms with Crippen LogP contribution >= 0.6 is 0 Å². The SMILES string of the molecule is COCCCNC(=O)c1cc(COC)cc(S(N)(=O)=O)c1. The van der Waals surface area contributed by atoms with E-state index in [0.717, 1.165) is 0 Å². The van der Waals surface area contributed by atoms with Crippen molar-refractivity contribution in [2.75, 3.05) is 27.4 Å². The maximum atomic E-state index is 12.0. The molecule has 0 unspecified atom stereocenters. The van der Waals surface area contributed by atoms with Crippen LogP contribution in [0.3, 0.4) is 0 Å². The van der Waals surface area contributed by atoms with E-state index in [1.165, 1.54) is 19.2 Å². The number of hydrogen-bond donors (Lipinski definition) is 2. The van der Waals surface area contributed by atoms with Gasteiger partial charge in [-0.15, -0.1) is 0 Å². The number of methoxy groups -OCH3 is 2.